The number of para-hydroxylation sites is 2. The summed E-state index contributed by atoms with van der Waals surface area (Å²) in [7, 11) is 0. The second-order valence-corrected chi connectivity index (χ2v) is 4.77. The van der Waals surface area contributed by atoms with E-state index >= 15 is 0 Å². The molecule has 0 N–H and O–H groups in total. The fourth-order valence-electron chi connectivity index (χ4n) is 2.53. The number of hydrogen-bond donors (Lipinski definition) is 0. The first kappa shape index (κ1) is 10.5. The summed E-state index contributed by atoms with van der Waals surface area (Å²) in [6.07, 6.45) is 3.05. The molecule has 0 unspecified atom stereocenters. The Morgan fingerprint density at radius 1 is 0.842 bits per heavy atom. The zero-order valence-electron chi connectivity index (χ0n) is 10.4. The van der Waals surface area contributed by atoms with Crippen LogP contribution in [0.1, 0.15) is 11.1 Å². The van der Waals surface area contributed by atoms with E-state index in [1.165, 1.54) is 11.1 Å². The molecule has 2 heterocycles. The standard InChI is InChI=1S/C16H12N3/c1-2-6-13-11-19(10-12(13)5-1)16-9-17-14-7-3-4-8-15(14)18-16/h1-8H,10-11H2. The first-order valence-electron chi connectivity index (χ1n) is 6.36. The average molecular weight is 246 g/mol. The first-order valence-corrected chi connectivity index (χ1v) is 6.36. The molecule has 3 nitrogen and oxygen atoms in total. The van der Waals surface area contributed by atoms with E-state index in [9.17, 15) is 0 Å². The zero-order chi connectivity index (χ0) is 12.7. The predicted octanol–water partition coefficient (Wildman–Crippen LogP) is 2.95. The van der Waals surface area contributed by atoms with E-state index in [4.69, 9.17) is 0 Å². The molecule has 19 heavy (non-hydrogen) atoms. The first-order chi connectivity index (χ1) is 9.40. The van der Waals surface area contributed by atoms with Gasteiger partial charge in [0.2, 0.25) is 0 Å². The normalized spacial score (nSPS) is 13.8. The summed E-state index contributed by atoms with van der Waals surface area (Å²) in [5.74, 6) is 0.829. The van der Waals surface area contributed by atoms with E-state index in [1.54, 1.807) is 0 Å². The van der Waals surface area contributed by atoms with E-state index < -0.39 is 0 Å². The second kappa shape index (κ2) is 4.05. The Morgan fingerprint density at radius 3 is 2.21 bits per heavy atom. The number of nitrogens with zero attached hydrogens (tertiary/aromatic N) is 3. The molecule has 1 radical (unpaired) electrons. The zero-order valence-corrected chi connectivity index (χ0v) is 10.4. The van der Waals surface area contributed by atoms with Gasteiger partial charge < -0.3 is 4.90 Å². The van der Waals surface area contributed by atoms with Gasteiger partial charge >= 0.3 is 0 Å². The van der Waals surface area contributed by atoms with Gasteiger partial charge in [0, 0.05) is 13.1 Å². The van der Waals surface area contributed by atoms with Gasteiger partial charge in [-0.05, 0) is 23.3 Å². The number of rotatable bonds is 1. The molecule has 0 saturated carbocycles. The number of aromatic nitrogens is 2. The molecule has 1 aromatic heterocycles. The van der Waals surface area contributed by atoms with E-state index in [-0.39, 0.29) is 0 Å². The van der Waals surface area contributed by atoms with Crippen LogP contribution in [0.15, 0.2) is 48.5 Å². The van der Waals surface area contributed by atoms with Crippen molar-refractivity contribution in [1.29, 1.82) is 0 Å². The SMILES string of the molecule is [c]1nc2ccccc2nc1N1Cc2ccccc2C1. The van der Waals surface area contributed by atoms with Gasteiger partial charge in [0.05, 0.1) is 11.0 Å². The predicted molar refractivity (Wildman–Crippen MR) is 74.7 cm³/mol. The third kappa shape index (κ3) is 1.74. The van der Waals surface area contributed by atoms with Crippen LogP contribution in [0.25, 0.3) is 11.0 Å². The van der Waals surface area contributed by atoms with Crippen molar-refractivity contribution in [3.63, 3.8) is 0 Å². The lowest BCUT2D eigenvalue weighted by molar-refractivity contribution is 0.854. The van der Waals surface area contributed by atoms with Crippen LogP contribution in [0.4, 0.5) is 5.82 Å². The smallest absolute Gasteiger partial charge is 0.158 e. The molecule has 0 amide bonds. The fourth-order valence-corrected chi connectivity index (χ4v) is 2.53. The van der Waals surface area contributed by atoms with Crippen LogP contribution >= 0.6 is 0 Å². The molecule has 0 bridgehead atoms. The lowest BCUT2D eigenvalue weighted by Crippen LogP contribution is -2.16. The molecule has 0 saturated heterocycles. The van der Waals surface area contributed by atoms with Crippen molar-refractivity contribution in [3.05, 3.63) is 65.9 Å². The molecule has 1 aliphatic rings. The molecule has 4 rings (SSSR count). The molecule has 0 aliphatic carbocycles. The van der Waals surface area contributed by atoms with Crippen LogP contribution in [0.2, 0.25) is 0 Å². The number of fused-ring (bicyclic) bond motifs is 2. The van der Waals surface area contributed by atoms with Gasteiger partial charge in [-0.15, -0.1) is 0 Å². The average Bonchev–Trinajstić information content (AvgIpc) is 2.90. The molecule has 0 spiro atoms. The van der Waals surface area contributed by atoms with E-state index in [1.807, 2.05) is 24.3 Å². The second-order valence-electron chi connectivity index (χ2n) is 4.77. The van der Waals surface area contributed by atoms with Crippen LogP contribution in [-0.4, -0.2) is 9.97 Å². The number of benzene rings is 2. The van der Waals surface area contributed by atoms with Crippen molar-refractivity contribution in [1.82, 2.24) is 9.97 Å². The Balaban J connectivity index is 1.73. The van der Waals surface area contributed by atoms with Crippen molar-refractivity contribution in [2.45, 2.75) is 13.1 Å². The monoisotopic (exact) mass is 246 g/mol. The van der Waals surface area contributed by atoms with Crippen LogP contribution in [0.3, 0.4) is 0 Å². The fraction of sp³-hybridized carbons (Fsp3) is 0.125. The summed E-state index contributed by atoms with van der Waals surface area (Å²) in [6, 6.07) is 16.4. The molecular formula is C16H12N3. The molecule has 3 aromatic rings. The molecule has 0 fully saturated rings. The van der Waals surface area contributed by atoms with Gasteiger partial charge in [0.1, 0.15) is 6.20 Å². The number of hydrogen-bond acceptors (Lipinski definition) is 3. The summed E-state index contributed by atoms with van der Waals surface area (Å²) in [4.78, 5) is 11.2. The highest BCUT2D eigenvalue weighted by Gasteiger charge is 2.20. The van der Waals surface area contributed by atoms with Crippen LogP contribution < -0.4 is 4.90 Å². The maximum Gasteiger partial charge on any atom is 0.158 e. The highest BCUT2D eigenvalue weighted by Crippen LogP contribution is 2.26. The lowest BCUT2D eigenvalue weighted by Gasteiger charge is -2.15. The van der Waals surface area contributed by atoms with Crippen molar-refractivity contribution in [3.8, 4) is 0 Å². The topological polar surface area (TPSA) is 29.0 Å². The van der Waals surface area contributed by atoms with Gasteiger partial charge in [0.15, 0.2) is 5.82 Å². The van der Waals surface area contributed by atoms with Gasteiger partial charge in [-0.25, -0.2) is 9.97 Å². The Morgan fingerprint density at radius 2 is 1.47 bits per heavy atom. The molecule has 91 valence electrons. The third-order valence-electron chi connectivity index (χ3n) is 3.52. The van der Waals surface area contributed by atoms with Crippen molar-refractivity contribution in [2.24, 2.45) is 0 Å². The summed E-state index contributed by atoms with van der Waals surface area (Å²) in [5, 5.41) is 0. The van der Waals surface area contributed by atoms with E-state index in [0.29, 0.717) is 0 Å². The summed E-state index contributed by atoms with van der Waals surface area (Å²) in [6.45, 7) is 1.78. The molecule has 3 heteroatoms. The van der Waals surface area contributed by atoms with Crippen molar-refractivity contribution in [2.75, 3.05) is 4.90 Å². The van der Waals surface area contributed by atoms with Crippen LogP contribution in [0, 0.1) is 6.20 Å². The minimum Gasteiger partial charge on any atom is -0.346 e. The molecule has 2 aromatic carbocycles. The van der Waals surface area contributed by atoms with Gasteiger partial charge in [-0.3, -0.25) is 0 Å². The number of anilines is 1. The van der Waals surface area contributed by atoms with Crippen molar-refractivity contribution >= 4 is 16.9 Å². The maximum absolute atomic E-state index is 4.65. The maximum atomic E-state index is 4.65. The van der Waals surface area contributed by atoms with Crippen LogP contribution in [0.5, 0.6) is 0 Å². The summed E-state index contributed by atoms with van der Waals surface area (Å²) < 4.78 is 0. The molecule has 0 atom stereocenters. The highest BCUT2D eigenvalue weighted by atomic mass is 15.2. The Bertz CT molecular complexity index is 727. The Labute approximate surface area is 111 Å². The highest BCUT2D eigenvalue weighted by molar-refractivity contribution is 5.75. The van der Waals surface area contributed by atoms with E-state index in [0.717, 1.165) is 29.9 Å². The Hall–Kier alpha value is -2.42. The molecule has 1 aliphatic heterocycles. The quantitative estimate of drug-likeness (QED) is 0.661. The van der Waals surface area contributed by atoms with E-state index in [2.05, 4.69) is 45.3 Å². The third-order valence-corrected chi connectivity index (χ3v) is 3.52. The van der Waals surface area contributed by atoms with Crippen LogP contribution in [-0.2, 0) is 13.1 Å². The summed E-state index contributed by atoms with van der Waals surface area (Å²) in [5.41, 5.74) is 4.55. The molecular weight excluding hydrogens is 234 g/mol. The van der Waals surface area contributed by atoms with Gasteiger partial charge in [0.25, 0.3) is 0 Å². The Kier molecular flexibility index (Phi) is 2.24. The largest absolute Gasteiger partial charge is 0.346 e. The lowest BCUT2D eigenvalue weighted by atomic mass is 10.1. The summed E-state index contributed by atoms with van der Waals surface area (Å²) >= 11 is 0. The van der Waals surface area contributed by atoms with Crippen molar-refractivity contribution < 1.29 is 0 Å². The minimum absolute atomic E-state index is 0.829. The van der Waals surface area contributed by atoms with Gasteiger partial charge in [-0.1, -0.05) is 36.4 Å². The van der Waals surface area contributed by atoms with Gasteiger partial charge in [-0.2, -0.15) is 0 Å². The minimum atomic E-state index is 0.829.